The maximum absolute atomic E-state index is 12.6. The van der Waals surface area contributed by atoms with Crippen LogP contribution in [0.4, 0.5) is 0 Å². The number of hydrogen-bond donors (Lipinski definition) is 2. The number of benzene rings is 1. The summed E-state index contributed by atoms with van der Waals surface area (Å²) in [7, 11) is 0. The van der Waals surface area contributed by atoms with Crippen LogP contribution in [0.25, 0.3) is 10.9 Å². The van der Waals surface area contributed by atoms with E-state index in [1.807, 2.05) is 37.3 Å². The van der Waals surface area contributed by atoms with Crippen LogP contribution in [0.3, 0.4) is 0 Å². The van der Waals surface area contributed by atoms with Gasteiger partial charge in [-0.15, -0.1) is 0 Å². The molecule has 0 radical (unpaired) electrons. The Morgan fingerprint density at radius 2 is 2.17 bits per heavy atom. The number of aryl methyl sites for hydroxylation is 1. The van der Waals surface area contributed by atoms with E-state index in [1.54, 1.807) is 4.90 Å². The Labute approximate surface area is 144 Å². The molecular weight excluding hydrogens is 298 g/mol. The van der Waals surface area contributed by atoms with Crippen LogP contribution >= 0.6 is 0 Å². The Hall–Kier alpha value is -1.94. The summed E-state index contributed by atoms with van der Waals surface area (Å²) in [5.74, 6) is 0.0124. The Morgan fingerprint density at radius 1 is 1.33 bits per heavy atom. The monoisotopic (exact) mass is 326 g/mol. The number of rotatable bonds is 5. The van der Waals surface area contributed by atoms with Gasteiger partial charge in [-0.2, -0.15) is 0 Å². The number of quaternary nitrogens is 1. The zero-order valence-electron chi connectivity index (χ0n) is 14.8. The lowest BCUT2D eigenvalue weighted by Gasteiger charge is -2.30. The number of hydrogen-bond acceptors (Lipinski definition) is 2. The number of amides is 1. The fraction of sp³-hybridized carbons (Fsp3) is 0.500. The molecule has 128 valence electrons. The van der Waals surface area contributed by atoms with Gasteiger partial charge in [-0.3, -0.25) is 9.78 Å². The molecule has 2 heterocycles. The summed E-state index contributed by atoms with van der Waals surface area (Å²) in [6, 6.07) is 10.5. The van der Waals surface area contributed by atoms with E-state index in [4.69, 9.17) is 0 Å². The number of nitrogens with one attached hydrogen (secondary N) is 2. The van der Waals surface area contributed by atoms with Crippen molar-refractivity contribution in [3.8, 4) is 0 Å². The van der Waals surface area contributed by atoms with Gasteiger partial charge in [0.05, 0.1) is 30.2 Å². The maximum atomic E-state index is 12.6. The van der Waals surface area contributed by atoms with E-state index in [9.17, 15) is 4.79 Å². The van der Waals surface area contributed by atoms with E-state index in [1.165, 1.54) is 25.8 Å². The minimum atomic E-state index is 0.0124. The summed E-state index contributed by atoms with van der Waals surface area (Å²) in [5, 5.41) is 4.02. The molecule has 1 fully saturated rings. The van der Waals surface area contributed by atoms with E-state index in [-0.39, 0.29) is 5.91 Å². The molecule has 2 aromatic rings. The second-order valence-corrected chi connectivity index (χ2v) is 6.99. The van der Waals surface area contributed by atoms with Crippen LogP contribution in [-0.2, 0) is 0 Å². The zero-order chi connectivity index (χ0) is 16.9. The third kappa shape index (κ3) is 3.93. The molecule has 1 amide bonds. The molecule has 1 aromatic carbocycles. The van der Waals surface area contributed by atoms with Crippen molar-refractivity contribution < 1.29 is 9.69 Å². The summed E-state index contributed by atoms with van der Waals surface area (Å²) >= 11 is 0. The average Bonchev–Trinajstić information content (AvgIpc) is 2.59. The molecule has 0 spiro atoms. The second kappa shape index (κ2) is 7.75. The van der Waals surface area contributed by atoms with Crippen LogP contribution < -0.4 is 10.2 Å². The summed E-state index contributed by atoms with van der Waals surface area (Å²) in [5.41, 5.74) is 2.50. The molecule has 0 aliphatic carbocycles. The highest BCUT2D eigenvalue weighted by molar-refractivity contribution is 6.06. The fourth-order valence-electron chi connectivity index (χ4n) is 3.73. The van der Waals surface area contributed by atoms with E-state index in [0.717, 1.165) is 47.7 Å². The summed E-state index contributed by atoms with van der Waals surface area (Å²) in [6.07, 6.45) is 5.08. The number of fused-ring (bicyclic) bond motifs is 1. The predicted molar refractivity (Wildman–Crippen MR) is 97.4 cm³/mol. The third-order valence-corrected chi connectivity index (χ3v) is 5.13. The van der Waals surface area contributed by atoms with Gasteiger partial charge in [0.2, 0.25) is 0 Å². The minimum Gasteiger partial charge on any atom is -0.352 e. The normalized spacial score (nSPS) is 20.9. The summed E-state index contributed by atoms with van der Waals surface area (Å²) in [6.45, 7) is 7.45. The Morgan fingerprint density at radius 3 is 3.00 bits per heavy atom. The van der Waals surface area contributed by atoms with Gasteiger partial charge in [0.15, 0.2) is 0 Å². The first-order chi connectivity index (χ1) is 11.6. The highest BCUT2D eigenvalue weighted by atomic mass is 16.1. The van der Waals surface area contributed by atoms with E-state index in [0.29, 0.717) is 0 Å². The molecule has 2 atom stereocenters. The van der Waals surface area contributed by atoms with Gasteiger partial charge >= 0.3 is 0 Å². The molecule has 4 nitrogen and oxygen atoms in total. The molecule has 1 unspecified atom stereocenters. The lowest BCUT2D eigenvalue weighted by molar-refractivity contribution is -0.928. The van der Waals surface area contributed by atoms with Crippen LogP contribution in [-0.4, -0.2) is 36.6 Å². The smallest absolute Gasteiger partial charge is 0.252 e. The quantitative estimate of drug-likeness (QED) is 0.827. The second-order valence-electron chi connectivity index (χ2n) is 6.99. The van der Waals surface area contributed by atoms with Crippen molar-refractivity contribution in [3.05, 3.63) is 41.6 Å². The van der Waals surface area contributed by atoms with Crippen molar-refractivity contribution in [3.63, 3.8) is 0 Å². The lowest BCUT2D eigenvalue weighted by atomic mass is 10.0. The van der Waals surface area contributed by atoms with Crippen LogP contribution in [0.15, 0.2) is 30.3 Å². The highest BCUT2D eigenvalue weighted by Gasteiger charge is 2.21. The highest BCUT2D eigenvalue weighted by Crippen LogP contribution is 2.18. The van der Waals surface area contributed by atoms with Crippen LogP contribution in [0.2, 0.25) is 0 Å². The third-order valence-electron chi connectivity index (χ3n) is 5.13. The molecular formula is C20H28N3O+. The van der Waals surface area contributed by atoms with Gasteiger partial charge in [-0.25, -0.2) is 0 Å². The van der Waals surface area contributed by atoms with Gasteiger partial charge in [-0.1, -0.05) is 18.2 Å². The number of nitrogens with zero attached hydrogens (tertiary/aromatic N) is 1. The first-order valence-electron chi connectivity index (χ1n) is 9.14. The number of aromatic nitrogens is 1. The number of para-hydroxylation sites is 1. The van der Waals surface area contributed by atoms with Gasteiger partial charge in [-0.05, 0) is 45.2 Å². The molecule has 2 N–H and O–H groups in total. The number of likely N-dealkylation sites (tertiary alicyclic amines) is 1. The number of piperidine rings is 1. The predicted octanol–water partition coefficient (Wildman–Crippen LogP) is 2.12. The fourth-order valence-corrected chi connectivity index (χ4v) is 3.73. The Kier molecular flexibility index (Phi) is 5.46. The van der Waals surface area contributed by atoms with Crippen molar-refractivity contribution in [1.29, 1.82) is 0 Å². The van der Waals surface area contributed by atoms with Crippen LogP contribution in [0.5, 0.6) is 0 Å². The van der Waals surface area contributed by atoms with Crippen molar-refractivity contribution in [2.24, 2.45) is 0 Å². The molecule has 3 rings (SSSR count). The number of carbonyl (C=O) groups is 1. The number of pyridine rings is 1. The van der Waals surface area contributed by atoms with Gasteiger partial charge in [0.1, 0.15) is 0 Å². The first-order valence-corrected chi connectivity index (χ1v) is 9.14. The Balaban J connectivity index is 1.57. The largest absolute Gasteiger partial charge is 0.352 e. The molecule has 0 saturated carbocycles. The van der Waals surface area contributed by atoms with Crippen molar-refractivity contribution in [1.82, 2.24) is 10.3 Å². The summed E-state index contributed by atoms with van der Waals surface area (Å²) in [4.78, 5) is 18.8. The standard InChI is InChI=1S/C20H27N3O/c1-15-14-18(17-9-3-4-10-19(17)22-15)20(24)21-11-7-13-23-12-6-5-8-16(23)2/h3-4,9-10,14,16H,5-8,11-13H2,1-2H3,(H,21,24)/p+1/t16-/m0/s1. The maximum Gasteiger partial charge on any atom is 0.252 e. The van der Waals surface area contributed by atoms with Crippen molar-refractivity contribution >= 4 is 16.8 Å². The van der Waals surface area contributed by atoms with Crippen LogP contribution in [0.1, 0.15) is 48.7 Å². The molecule has 1 aliphatic rings. The Bertz CT molecular complexity index is 713. The van der Waals surface area contributed by atoms with E-state index < -0.39 is 0 Å². The molecule has 1 saturated heterocycles. The zero-order valence-corrected chi connectivity index (χ0v) is 14.8. The molecule has 24 heavy (non-hydrogen) atoms. The van der Waals surface area contributed by atoms with Gasteiger partial charge < -0.3 is 10.2 Å². The molecule has 1 aliphatic heterocycles. The van der Waals surface area contributed by atoms with Gasteiger partial charge in [0.25, 0.3) is 5.91 Å². The minimum absolute atomic E-state index is 0.0124. The molecule has 4 heteroatoms. The van der Waals surface area contributed by atoms with Crippen molar-refractivity contribution in [2.75, 3.05) is 19.6 Å². The summed E-state index contributed by atoms with van der Waals surface area (Å²) < 4.78 is 0. The average molecular weight is 326 g/mol. The topological polar surface area (TPSA) is 46.4 Å². The molecule has 0 bridgehead atoms. The lowest BCUT2D eigenvalue weighted by Crippen LogP contribution is -3.16. The molecule has 1 aromatic heterocycles. The first kappa shape index (κ1) is 16.9. The van der Waals surface area contributed by atoms with E-state index in [2.05, 4.69) is 17.2 Å². The van der Waals surface area contributed by atoms with Crippen LogP contribution in [0, 0.1) is 6.92 Å². The number of carbonyl (C=O) groups excluding carboxylic acids is 1. The van der Waals surface area contributed by atoms with Crippen molar-refractivity contribution in [2.45, 2.75) is 45.6 Å². The van der Waals surface area contributed by atoms with Gasteiger partial charge in [0, 0.05) is 24.0 Å². The SMILES string of the molecule is Cc1cc(C(=O)NCCC[NH+]2CCCC[C@@H]2C)c2ccccc2n1. The van der Waals surface area contributed by atoms with E-state index >= 15 is 0 Å².